The molecule has 38 heavy (non-hydrogen) atoms. The minimum absolute atomic E-state index is 0.120. The predicted molar refractivity (Wildman–Crippen MR) is 154 cm³/mol. The van der Waals surface area contributed by atoms with Gasteiger partial charge in [0, 0.05) is 38.2 Å². The number of alkyl carbamates (subject to hydrolysis) is 1. The number of rotatable bonds is 5. The molecule has 2 atom stereocenters. The molecule has 206 valence electrons. The number of halogens is 2. The number of piperidine rings is 1. The zero-order valence-corrected chi connectivity index (χ0v) is 25.0. The lowest BCUT2D eigenvalue weighted by atomic mass is 9.91. The summed E-state index contributed by atoms with van der Waals surface area (Å²) in [6, 6.07) is 7.42. The molecule has 1 amide bonds. The van der Waals surface area contributed by atoms with Crippen LogP contribution in [-0.4, -0.2) is 44.5 Å². The van der Waals surface area contributed by atoms with Crippen molar-refractivity contribution in [1.82, 2.24) is 19.0 Å². The van der Waals surface area contributed by atoms with Crippen LogP contribution in [0.5, 0.6) is 0 Å². The van der Waals surface area contributed by atoms with Gasteiger partial charge < -0.3 is 19.5 Å². The monoisotopic (exact) mass is 607 g/mol. The van der Waals surface area contributed by atoms with Crippen molar-refractivity contribution >= 4 is 50.5 Å². The maximum atomic E-state index is 13.4. The Balaban J connectivity index is 1.78. The predicted octanol–water partition coefficient (Wildman–Crippen LogP) is 4.63. The van der Waals surface area contributed by atoms with Gasteiger partial charge in [-0.05, 0) is 74.0 Å². The largest absolute Gasteiger partial charge is 0.444 e. The van der Waals surface area contributed by atoms with Gasteiger partial charge in [0.25, 0.3) is 5.56 Å². The molecule has 0 bridgehead atoms. The number of nitrogens with zero attached hydrogens (tertiary/aromatic N) is 4. The summed E-state index contributed by atoms with van der Waals surface area (Å²) in [4.78, 5) is 40.9. The van der Waals surface area contributed by atoms with Gasteiger partial charge in [-0.3, -0.25) is 13.9 Å². The topological polar surface area (TPSA) is 90.5 Å². The van der Waals surface area contributed by atoms with Crippen molar-refractivity contribution in [3.8, 4) is 0 Å². The highest BCUT2D eigenvalue weighted by Crippen LogP contribution is 2.38. The first-order chi connectivity index (χ1) is 17.8. The molecule has 1 N–H and O–H groups in total. The zero-order valence-electron chi connectivity index (χ0n) is 22.7. The van der Waals surface area contributed by atoms with Crippen molar-refractivity contribution in [2.24, 2.45) is 20.0 Å². The zero-order chi connectivity index (χ0) is 27.9. The van der Waals surface area contributed by atoms with Crippen molar-refractivity contribution < 1.29 is 9.53 Å². The van der Waals surface area contributed by atoms with Crippen LogP contribution in [0.3, 0.4) is 0 Å². The maximum absolute atomic E-state index is 13.4. The van der Waals surface area contributed by atoms with Crippen LogP contribution < -0.4 is 21.5 Å². The van der Waals surface area contributed by atoms with Crippen LogP contribution in [0, 0.1) is 5.92 Å². The molecule has 0 spiro atoms. The second-order valence-electron chi connectivity index (χ2n) is 11.0. The molecule has 1 unspecified atom stereocenters. The van der Waals surface area contributed by atoms with E-state index in [1.807, 2.05) is 56.5 Å². The Morgan fingerprint density at radius 2 is 1.87 bits per heavy atom. The lowest BCUT2D eigenvalue weighted by Crippen LogP contribution is -2.47. The van der Waals surface area contributed by atoms with E-state index >= 15 is 0 Å². The molecule has 1 aliphatic heterocycles. The van der Waals surface area contributed by atoms with Gasteiger partial charge in [0.15, 0.2) is 0 Å². The molecule has 3 aromatic rings. The van der Waals surface area contributed by atoms with E-state index in [2.05, 4.69) is 26.1 Å². The maximum Gasteiger partial charge on any atom is 0.407 e. The van der Waals surface area contributed by atoms with Crippen LogP contribution in [0.1, 0.15) is 46.1 Å². The molecule has 3 heterocycles. The molecule has 0 saturated carbocycles. The molecule has 1 saturated heterocycles. The molecule has 9 nitrogen and oxygen atoms in total. The summed E-state index contributed by atoms with van der Waals surface area (Å²) >= 11 is 10.3. The highest BCUT2D eigenvalue weighted by Gasteiger charge is 2.32. The number of carbonyl (C=O) groups is 1. The molecule has 4 rings (SSSR count). The van der Waals surface area contributed by atoms with Crippen molar-refractivity contribution in [1.29, 1.82) is 0 Å². The molecular formula is C27H35BrClN5O4. The number of hydrogen-bond acceptors (Lipinski definition) is 5. The summed E-state index contributed by atoms with van der Waals surface area (Å²) < 4.78 is 10.7. The molecule has 1 fully saturated rings. The van der Waals surface area contributed by atoms with Crippen molar-refractivity contribution in [3.05, 3.63) is 60.2 Å². The minimum atomic E-state index is -0.574. The Morgan fingerprint density at radius 1 is 1.18 bits per heavy atom. The average molecular weight is 609 g/mol. The van der Waals surface area contributed by atoms with Gasteiger partial charge in [-0.2, -0.15) is 0 Å². The fourth-order valence-corrected chi connectivity index (χ4v) is 6.25. The van der Waals surface area contributed by atoms with E-state index in [0.29, 0.717) is 33.6 Å². The third-order valence-corrected chi connectivity index (χ3v) is 8.16. The van der Waals surface area contributed by atoms with Gasteiger partial charge in [-0.15, -0.1) is 0 Å². The fourth-order valence-electron chi connectivity index (χ4n) is 5.13. The molecule has 2 aromatic heterocycles. The van der Waals surface area contributed by atoms with E-state index < -0.39 is 17.4 Å². The number of aryl methyl sites for hydroxylation is 1. The van der Waals surface area contributed by atoms with Gasteiger partial charge in [-0.25, -0.2) is 9.59 Å². The van der Waals surface area contributed by atoms with Gasteiger partial charge in [-0.1, -0.05) is 29.8 Å². The van der Waals surface area contributed by atoms with E-state index in [1.54, 1.807) is 7.05 Å². The second-order valence-corrected chi connectivity index (χ2v) is 12.2. The third kappa shape index (κ3) is 5.52. The van der Waals surface area contributed by atoms with Crippen molar-refractivity contribution in [2.45, 2.75) is 58.7 Å². The summed E-state index contributed by atoms with van der Waals surface area (Å²) in [5.74, 6) is 0.967. The van der Waals surface area contributed by atoms with E-state index in [-0.39, 0.29) is 17.5 Å². The quantitative estimate of drug-likeness (QED) is 0.456. The molecular weight excluding hydrogens is 574 g/mol. The number of fused-ring (bicyclic) bond motifs is 1. The average Bonchev–Trinajstić information content (AvgIpc) is 3.13. The number of ether oxygens (including phenoxy) is 1. The van der Waals surface area contributed by atoms with Crippen LogP contribution >= 0.6 is 27.5 Å². The first-order valence-electron chi connectivity index (χ1n) is 12.8. The van der Waals surface area contributed by atoms with Crippen molar-refractivity contribution in [3.63, 3.8) is 0 Å². The first kappa shape index (κ1) is 28.3. The van der Waals surface area contributed by atoms with Crippen LogP contribution in [0.25, 0.3) is 11.0 Å². The Bertz CT molecular complexity index is 1490. The van der Waals surface area contributed by atoms with E-state index in [0.717, 1.165) is 35.3 Å². The van der Waals surface area contributed by atoms with Crippen molar-refractivity contribution in [2.75, 3.05) is 18.0 Å². The second kappa shape index (κ2) is 10.8. The van der Waals surface area contributed by atoms with Crippen LogP contribution in [0.15, 0.2) is 38.3 Å². The fraction of sp³-hybridized carbons (Fsp3) is 0.519. The summed E-state index contributed by atoms with van der Waals surface area (Å²) in [7, 11) is 3.16. The highest BCUT2D eigenvalue weighted by molar-refractivity contribution is 9.10. The Morgan fingerprint density at radius 3 is 2.53 bits per heavy atom. The lowest BCUT2D eigenvalue weighted by molar-refractivity contribution is 0.0489. The number of nitrogens with one attached hydrogen (secondary N) is 1. The van der Waals surface area contributed by atoms with Crippen LogP contribution in [0.4, 0.5) is 10.6 Å². The standard InChI is InChI=1S/C27H35BrClN5O4/c1-16(30-25(36)38-27(2,3)4)17-11-9-13-33(14-17)23-20(28)21-22(24(35)32(6)26(37)31(21)5)34(23)15-18-10-7-8-12-19(18)29/h7-8,10,12,16-17H,9,11,13-15H2,1-6H3,(H,30,36)/t16-,17?/m0/s1. The molecule has 0 radical (unpaired) electrons. The van der Waals surface area contributed by atoms with Crippen LogP contribution in [0.2, 0.25) is 5.02 Å². The number of benzene rings is 1. The van der Waals surface area contributed by atoms with E-state index in [4.69, 9.17) is 16.3 Å². The number of aromatic nitrogens is 3. The smallest absolute Gasteiger partial charge is 0.407 e. The highest BCUT2D eigenvalue weighted by atomic mass is 79.9. The minimum Gasteiger partial charge on any atom is -0.444 e. The summed E-state index contributed by atoms with van der Waals surface area (Å²) in [5, 5.41) is 3.59. The van der Waals surface area contributed by atoms with Gasteiger partial charge in [0.2, 0.25) is 0 Å². The first-order valence-corrected chi connectivity index (χ1v) is 13.9. The van der Waals surface area contributed by atoms with Crippen LogP contribution in [-0.2, 0) is 25.4 Å². The third-order valence-electron chi connectivity index (χ3n) is 7.07. The summed E-state index contributed by atoms with van der Waals surface area (Å²) in [5.41, 5.74) is 0.506. The molecule has 0 aliphatic carbocycles. The van der Waals surface area contributed by atoms with E-state index in [1.165, 1.54) is 11.6 Å². The summed E-state index contributed by atoms with van der Waals surface area (Å²) in [6.45, 7) is 9.29. The molecule has 11 heteroatoms. The number of carbonyl (C=O) groups excluding carboxylic acids is 1. The Kier molecular flexibility index (Phi) is 8.04. The lowest BCUT2D eigenvalue weighted by Gasteiger charge is -2.38. The Labute approximate surface area is 235 Å². The molecule has 1 aromatic carbocycles. The van der Waals surface area contributed by atoms with Gasteiger partial charge in [0.05, 0.1) is 16.5 Å². The van der Waals surface area contributed by atoms with E-state index in [9.17, 15) is 14.4 Å². The number of hydrogen-bond donors (Lipinski definition) is 1. The number of amides is 1. The SMILES string of the molecule is C[C@H](NC(=O)OC(C)(C)C)C1CCCN(c2c(Br)c3c(c(=O)n(C)c(=O)n3C)n2Cc2ccccc2Cl)C1. The summed E-state index contributed by atoms with van der Waals surface area (Å²) in [6.07, 6.45) is 1.41. The van der Waals surface area contributed by atoms with Gasteiger partial charge >= 0.3 is 11.8 Å². The van der Waals surface area contributed by atoms with Gasteiger partial charge in [0.1, 0.15) is 16.9 Å². The molecule has 1 aliphatic rings. The Hall–Kier alpha value is -2.72. The normalized spacial score (nSPS) is 17.1. The number of anilines is 1.